The van der Waals surface area contributed by atoms with Gasteiger partial charge in [-0.05, 0) is 31.0 Å². The molecule has 120 valence electrons. The lowest BCUT2D eigenvalue weighted by Gasteiger charge is -2.20. The number of aryl methyl sites for hydroxylation is 1. The molecule has 0 fully saturated rings. The van der Waals surface area contributed by atoms with E-state index in [-0.39, 0.29) is 6.10 Å². The van der Waals surface area contributed by atoms with Crippen LogP contribution in [-0.4, -0.2) is 19.7 Å². The number of hydrogen-bond donors (Lipinski definition) is 1. The predicted molar refractivity (Wildman–Crippen MR) is 91.8 cm³/mol. The van der Waals surface area contributed by atoms with Crippen molar-refractivity contribution in [3.8, 4) is 0 Å². The maximum absolute atomic E-state index is 6.16. The minimum absolute atomic E-state index is 0.182. The average molecular weight is 291 g/mol. The SMILES string of the molecule is CCCCCCCCOC(CNCC)c1ccccc1C. The topological polar surface area (TPSA) is 21.3 Å². The van der Waals surface area contributed by atoms with Crippen LogP contribution in [0.25, 0.3) is 0 Å². The van der Waals surface area contributed by atoms with Crippen LogP contribution in [0.4, 0.5) is 0 Å². The van der Waals surface area contributed by atoms with Crippen molar-refractivity contribution in [1.29, 1.82) is 0 Å². The van der Waals surface area contributed by atoms with Gasteiger partial charge in [0.25, 0.3) is 0 Å². The number of rotatable bonds is 12. The number of likely N-dealkylation sites (N-methyl/N-ethyl adjacent to an activating group) is 1. The monoisotopic (exact) mass is 291 g/mol. The molecule has 1 rings (SSSR count). The van der Waals surface area contributed by atoms with Gasteiger partial charge in [-0.15, -0.1) is 0 Å². The molecule has 0 saturated carbocycles. The summed E-state index contributed by atoms with van der Waals surface area (Å²) in [6.07, 6.45) is 8.05. The van der Waals surface area contributed by atoms with Gasteiger partial charge in [0.15, 0.2) is 0 Å². The van der Waals surface area contributed by atoms with Gasteiger partial charge in [-0.25, -0.2) is 0 Å². The largest absolute Gasteiger partial charge is 0.372 e. The van der Waals surface area contributed by atoms with Crippen molar-refractivity contribution < 1.29 is 4.74 Å². The van der Waals surface area contributed by atoms with Gasteiger partial charge in [-0.3, -0.25) is 0 Å². The van der Waals surface area contributed by atoms with Crippen LogP contribution in [0.2, 0.25) is 0 Å². The lowest BCUT2D eigenvalue weighted by atomic mass is 10.0. The molecule has 0 saturated heterocycles. The zero-order chi connectivity index (χ0) is 15.3. The molecule has 1 aromatic carbocycles. The highest BCUT2D eigenvalue weighted by Gasteiger charge is 2.13. The predicted octanol–water partition coefficient (Wildman–Crippen LogP) is 5.02. The van der Waals surface area contributed by atoms with E-state index in [1.54, 1.807) is 0 Å². The molecule has 0 spiro atoms. The van der Waals surface area contributed by atoms with Gasteiger partial charge in [-0.2, -0.15) is 0 Å². The van der Waals surface area contributed by atoms with Crippen LogP contribution < -0.4 is 5.32 Å². The molecular weight excluding hydrogens is 258 g/mol. The molecule has 1 N–H and O–H groups in total. The second kappa shape index (κ2) is 11.8. The van der Waals surface area contributed by atoms with Gasteiger partial charge in [-0.1, -0.05) is 70.2 Å². The Balaban J connectivity index is 2.35. The first-order chi connectivity index (χ1) is 10.3. The third-order valence-corrected chi connectivity index (χ3v) is 3.93. The number of ether oxygens (including phenoxy) is 1. The molecular formula is C19H33NO. The molecule has 0 radical (unpaired) electrons. The van der Waals surface area contributed by atoms with Crippen LogP contribution in [0.15, 0.2) is 24.3 Å². The van der Waals surface area contributed by atoms with E-state index in [0.717, 1.165) is 19.7 Å². The van der Waals surface area contributed by atoms with Crippen molar-refractivity contribution in [3.63, 3.8) is 0 Å². The second-order valence-electron chi connectivity index (χ2n) is 5.79. The normalized spacial score (nSPS) is 12.5. The zero-order valence-corrected chi connectivity index (χ0v) is 14.2. The first kappa shape index (κ1) is 18.2. The first-order valence-corrected chi connectivity index (χ1v) is 8.67. The lowest BCUT2D eigenvalue weighted by Crippen LogP contribution is -2.24. The number of hydrogen-bond acceptors (Lipinski definition) is 2. The van der Waals surface area contributed by atoms with Crippen molar-refractivity contribution >= 4 is 0 Å². The Morgan fingerprint density at radius 3 is 2.43 bits per heavy atom. The van der Waals surface area contributed by atoms with Gasteiger partial charge in [0.1, 0.15) is 0 Å². The van der Waals surface area contributed by atoms with E-state index in [2.05, 4.69) is 50.4 Å². The zero-order valence-electron chi connectivity index (χ0n) is 14.2. The molecule has 1 atom stereocenters. The highest BCUT2D eigenvalue weighted by atomic mass is 16.5. The molecule has 0 aliphatic heterocycles. The Bertz CT molecular complexity index is 364. The highest BCUT2D eigenvalue weighted by molar-refractivity contribution is 5.28. The van der Waals surface area contributed by atoms with Crippen molar-refractivity contribution in [2.24, 2.45) is 0 Å². The smallest absolute Gasteiger partial charge is 0.0951 e. The standard InChI is InChI=1S/C19H33NO/c1-4-6-7-8-9-12-15-21-19(16-20-5-2)18-14-11-10-13-17(18)3/h10-11,13-14,19-20H,4-9,12,15-16H2,1-3H3. The van der Waals surface area contributed by atoms with E-state index in [4.69, 9.17) is 4.74 Å². The van der Waals surface area contributed by atoms with Crippen molar-refractivity contribution in [2.45, 2.75) is 65.4 Å². The molecule has 0 aromatic heterocycles. The van der Waals surface area contributed by atoms with E-state index in [1.807, 2.05) is 0 Å². The van der Waals surface area contributed by atoms with Gasteiger partial charge < -0.3 is 10.1 Å². The number of unbranched alkanes of at least 4 members (excludes halogenated alkanes) is 5. The molecule has 1 aromatic rings. The highest BCUT2D eigenvalue weighted by Crippen LogP contribution is 2.21. The molecule has 0 bridgehead atoms. The Morgan fingerprint density at radius 1 is 1.00 bits per heavy atom. The summed E-state index contributed by atoms with van der Waals surface area (Å²) in [6.45, 7) is 9.33. The molecule has 21 heavy (non-hydrogen) atoms. The lowest BCUT2D eigenvalue weighted by molar-refractivity contribution is 0.0498. The van der Waals surface area contributed by atoms with Crippen LogP contribution in [0.1, 0.15) is 69.6 Å². The van der Waals surface area contributed by atoms with E-state index in [0.29, 0.717) is 0 Å². The Hall–Kier alpha value is -0.860. The van der Waals surface area contributed by atoms with Crippen LogP contribution in [0, 0.1) is 6.92 Å². The van der Waals surface area contributed by atoms with E-state index >= 15 is 0 Å². The Labute approximate surface area is 131 Å². The summed E-state index contributed by atoms with van der Waals surface area (Å²) in [4.78, 5) is 0. The fourth-order valence-corrected chi connectivity index (χ4v) is 2.59. The minimum atomic E-state index is 0.182. The number of benzene rings is 1. The third kappa shape index (κ3) is 7.63. The van der Waals surface area contributed by atoms with Crippen molar-refractivity contribution in [1.82, 2.24) is 5.32 Å². The minimum Gasteiger partial charge on any atom is -0.372 e. The van der Waals surface area contributed by atoms with Crippen LogP contribution in [0.3, 0.4) is 0 Å². The van der Waals surface area contributed by atoms with Gasteiger partial charge in [0.2, 0.25) is 0 Å². The summed E-state index contributed by atoms with van der Waals surface area (Å²) in [5.41, 5.74) is 2.65. The summed E-state index contributed by atoms with van der Waals surface area (Å²) in [5.74, 6) is 0. The molecule has 0 amide bonds. The molecule has 0 aliphatic rings. The van der Waals surface area contributed by atoms with E-state index in [9.17, 15) is 0 Å². The maximum atomic E-state index is 6.16. The van der Waals surface area contributed by atoms with Crippen LogP contribution >= 0.6 is 0 Å². The fraction of sp³-hybridized carbons (Fsp3) is 0.684. The van der Waals surface area contributed by atoms with Gasteiger partial charge in [0, 0.05) is 13.2 Å². The quantitative estimate of drug-likeness (QED) is 0.546. The van der Waals surface area contributed by atoms with Gasteiger partial charge >= 0.3 is 0 Å². The summed E-state index contributed by atoms with van der Waals surface area (Å²) in [7, 11) is 0. The maximum Gasteiger partial charge on any atom is 0.0951 e. The summed E-state index contributed by atoms with van der Waals surface area (Å²) in [6, 6.07) is 8.56. The molecule has 1 unspecified atom stereocenters. The summed E-state index contributed by atoms with van der Waals surface area (Å²) < 4.78 is 6.16. The molecule has 2 heteroatoms. The fourth-order valence-electron chi connectivity index (χ4n) is 2.59. The summed E-state index contributed by atoms with van der Waals surface area (Å²) >= 11 is 0. The van der Waals surface area contributed by atoms with Crippen LogP contribution in [0.5, 0.6) is 0 Å². The third-order valence-electron chi connectivity index (χ3n) is 3.93. The Kier molecular flexibility index (Phi) is 10.2. The average Bonchev–Trinajstić information content (AvgIpc) is 2.50. The van der Waals surface area contributed by atoms with E-state index in [1.165, 1.54) is 49.7 Å². The van der Waals surface area contributed by atoms with Crippen molar-refractivity contribution in [3.05, 3.63) is 35.4 Å². The first-order valence-electron chi connectivity index (χ1n) is 8.67. The van der Waals surface area contributed by atoms with E-state index < -0.39 is 0 Å². The second-order valence-corrected chi connectivity index (χ2v) is 5.79. The molecule has 2 nitrogen and oxygen atoms in total. The summed E-state index contributed by atoms with van der Waals surface area (Å²) in [5, 5.41) is 3.42. The van der Waals surface area contributed by atoms with Crippen molar-refractivity contribution in [2.75, 3.05) is 19.7 Å². The van der Waals surface area contributed by atoms with Gasteiger partial charge in [0.05, 0.1) is 6.10 Å². The number of nitrogens with one attached hydrogen (secondary N) is 1. The molecule has 0 heterocycles. The Morgan fingerprint density at radius 2 is 1.71 bits per heavy atom. The van der Waals surface area contributed by atoms with Crippen LogP contribution in [-0.2, 0) is 4.74 Å². The molecule has 0 aliphatic carbocycles.